The van der Waals surface area contributed by atoms with Gasteiger partial charge in [0.15, 0.2) is 0 Å². The van der Waals surface area contributed by atoms with Crippen LogP contribution in [0.1, 0.15) is 53.9 Å². The van der Waals surface area contributed by atoms with Gasteiger partial charge >= 0.3 is 0 Å². The molecule has 5 heteroatoms. The fourth-order valence-electron chi connectivity index (χ4n) is 2.63. The standard InChI is InChI=1S/C14H20N2O2S/c1-3-8(4-2)13(18)16-14-11(12(15)17)9-6-5-7-10(9)19-14/h8H,3-7H2,1-2H3,(H2,15,17)(H,16,18). The first kappa shape index (κ1) is 14.1. The quantitative estimate of drug-likeness (QED) is 0.870. The maximum absolute atomic E-state index is 12.1. The SMILES string of the molecule is CCC(CC)C(=O)Nc1sc2c(c1C(N)=O)CCC2. The van der Waals surface area contributed by atoms with Gasteiger partial charge in [0.25, 0.3) is 5.91 Å². The Bertz CT molecular complexity index is 504. The summed E-state index contributed by atoms with van der Waals surface area (Å²) in [7, 11) is 0. The first-order valence-corrected chi connectivity index (χ1v) is 7.65. The Balaban J connectivity index is 2.26. The largest absolute Gasteiger partial charge is 0.365 e. The molecule has 0 atom stereocenters. The smallest absolute Gasteiger partial charge is 0.251 e. The minimum Gasteiger partial charge on any atom is -0.365 e. The van der Waals surface area contributed by atoms with E-state index in [0.29, 0.717) is 10.6 Å². The Labute approximate surface area is 117 Å². The van der Waals surface area contributed by atoms with E-state index in [9.17, 15) is 9.59 Å². The zero-order valence-corrected chi connectivity index (χ0v) is 12.2. The lowest BCUT2D eigenvalue weighted by atomic mass is 10.0. The number of carbonyl (C=O) groups excluding carboxylic acids is 2. The Morgan fingerprint density at radius 1 is 1.32 bits per heavy atom. The van der Waals surface area contributed by atoms with E-state index in [2.05, 4.69) is 5.32 Å². The van der Waals surface area contributed by atoms with Crippen molar-refractivity contribution in [3.8, 4) is 0 Å². The van der Waals surface area contributed by atoms with Gasteiger partial charge in [0.1, 0.15) is 5.00 Å². The van der Waals surface area contributed by atoms with Gasteiger partial charge < -0.3 is 11.1 Å². The van der Waals surface area contributed by atoms with Crippen LogP contribution in [-0.4, -0.2) is 11.8 Å². The molecule has 0 saturated carbocycles. The number of nitrogens with two attached hydrogens (primary N) is 1. The third-order valence-electron chi connectivity index (χ3n) is 3.76. The van der Waals surface area contributed by atoms with Crippen LogP contribution in [0.2, 0.25) is 0 Å². The van der Waals surface area contributed by atoms with E-state index in [1.54, 1.807) is 0 Å². The summed E-state index contributed by atoms with van der Waals surface area (Å²) in [4.78, 5) is 24.9. The van der Waals surface area contributed by atoms with E-state index in [-0.39, 0.29) is 11.8 Å². The highest BCUT2D eigenvalue weighted by molar-refractivity contribution is 7.17. The number of hydrogen-bond acceptors (Lipinski definition) is 3. The van der Waals surface area contributed by atoms with Gasteiger partial charge in [0.05, 0.1) is 5.56 Å². The van der Waals surface area contributed by atoms with Crippen LogP contribution in [-0.2, 0) is 17.6 Å². The lowest BCUT2D eigenvalue weighted by molar-refractivity contribution is -0.120. The third-order valence-corrected chi connectivity index (χ3v) is 4.97. The fraction of sp³-hybridized carbons (Fsp3) is 0.571. The molecule has 19 heavy (non-hydrogen) atoms. The minimum absolute atomic E-state index is 0.00216. The van der Waals surface area contributed by atoms with E-state index in [1.807, 2.05) is 13.8 Å². The van der Waals surface area contributed by atoms with Gasteiger partial charge in [-0.25, -0.2) is 0 Å². The summed E-state index contributed by atoms with van der Waals surface area (Å²) in [6, 6.07) is 0. The van der Waals surface area contributed by atoms with Crippen molar-refractivity contribution in [2.75, 3.05) is 5.32 Å². The Morgan fingerprint density at radius 2 is 2.00 bits per heavy atom. The van der Waals surface area contributed by atoms with Crippen LogP contribution < -0.4 is 11.1 Å². The molecule has 0 aliphatic heterocycles. The molecule has 0 saturated heterocycles. The van der Waals surface area contributed by atoms with Crippen LogP contribution in [0.25, 0.3) is 0 Å². The monoisotopic (exact) mass is 280 g/mol. The molecule has 2 rings (SSSR count). The Kier molecular flexibility index (Phi) is 4.24. The number of carbonyl (C=O) groups is 2. The summed E-state index contributed by atoms with van der Waals surface area (Å²) in [6.07, 6.45) is 4.56. The number of rotatable bonds is 5. The summed E-state index contributed by atoms with van der Waals surface area (Å²) in [5, 5.41) is 3.55. The molecule has 2 amide bonds. The van der Waals surface area contributed by atoms with Crippen molar-refractivity contribution < 1.29 is 9.59 Å². The first-order chi connectivity index (χ1) is 9.08. The first-order valence-electron chi connectivity index (χ1n) is 6.83. The van der Waals surface area contributed by atoms with Crippen LogP contribution in [0.4, 0.5) is 5.00 Å². The average molecular weight is 280 g/mol. The van der Waals surface area contributed by atoms with Crippen LogP contribution in [0.15, 0.2) is 0 Å². The van der Waals surface area contributed by atoms with E-state index in [4.69, 9.17) is 5.73 Å². The number of amides is 2. The number of hydrogen-bond donors (Lipinski definition) is 2. The molecular formula is C14H20N2O2S. The van der Waals surface area contributed by atoms with Gasteiger partial charge in [0.2, 0.25) is 5.91 Å². The normalized spacial score (nSPS) is 13.6. The molecule has 4 nitrogen and oxygen atoms in total. The van der Waals surface area contributed by atoms with E-state index in [0.717, 1.165) is 37.7 Å². The molecule has 3 N–H and O–H groups in total. The molecule has 0 aromatic carbocycles. The number of anilines is 1. The summed E-state index contributed by atoms with van der Waals surface area (Å²) < 4.78 is 0. The number of fused-ring (bicyclic) bond motifs is 1. The topological polar surface area (TPSA) is 72.2 Å². The Hall–Kier alpha value is -1.36. The number of nitrogens with one attached hydrogen (secondary N) is 1. The van der Waals surface area contributed by atoms with Gasteiger partial charge in [-0.1, -0.05) is 13.8 Å². The van der Waals surface area contributed by atoms with Crippen molar-refractivity contribution in [2.45, 2.75) is 46.0 Å². The van der Waals surface area contributed by atoms with Gasteiger partial charge in [0, 0.05) is 10.8 Å². The van der Waals surface area contributed by atoms with Crippen molar-refractivity contribution in [3.05, 3.63) is 16.0 Å². The van der Waals surface area contributed by atoms with Crippen molar-refractivity contribution in [2.24, 2.45) is 11.7 Å². The zero-order valence-electron chi connectivity index (χ0n) is 11.4. The highest BCUT2D eigenvalue weighted by Crippen LogP contribution is 2.39. The summed E-state index contributed by atoms with van der Waals surface area (Å²) in [5.74, 6) is -0.440. The maximum Gasteiger partial charge on any atom is 0.251 e. The van der Waals surface area contributed by atoms with Crippen LogP contribution >= 0.6 is 11.3 Å². The molecule has 0 bridgehead atoms. The summed E-state index contributed by atoms with van der Waals surface area (Å²) >= 11 is 1.51. The third kappa shape index (κ3) is 2.66. The zero-order chi connectivity index (χ0) is 14.0. The van der Waals surface area contributed by atoms with E-state index >= 15 is 0 Å². The summed E-state index contributed by atoms with van der Waals surface area (Å²) in [6.45, 7) is 3.99. The van der Waals surface area contributed by atoms with Gasteiger partial charge in [-0.2, -0.15) is 0 Å². The van der Waals surface area contributed by atoms with Crippen LogP contribution in [0, 0.1) is 5.92 Å². The number of thiophene rings is 1. The molecule has 1 aliphatic rings. The van der Waals surface area contributed by atoms with Crippen LogP contribution in [0.5, 0.6) is 0 Å². The molecule has 1 aromatic rings. The fourth-order valence-corrected chi connectivity index (χ4v) is 3.92. The summed E-state index contributed by atoms with van der Waals surface area (Å²) in [5.41, 5.74) is 7.06. The van der Waals surface area contributed by atoms with Crippen molar-refractivity contribution >= 4 is 28.2 Å². The highest BCUT2D eigenvalue weighted by Gasteiger charge is 2.27. The number of aryl methyl sites for hydroxylation is 1. The molecule has 1 aliphatic carbocycles. The lowest BCUT2D eigenvalue weighted by Crippen LogP contribution is -2.23. The lowest BCUT2D eigenvalue weighted by Gasteiger charge is -2.12. The van der Waals surface area contributed by atoms with Crippen molar-refractivity contribution in [3.63, 3.8) is 0 Å². The predicted molar refractivity (Wildman–Crippen MR) is 77.6 cm³/mol. The van der Waals surface area contributed by atoms with Gasteiger partial charge in [-0.3, -0.25) is 9.59 Å². The van der Waals surface area contributed by atoms with Crippen molar-refractivity contribution in [1.82, 2.24) is 0 Å². The molecule has 104 valence electrons. The molecule has 0 spiro atoms. The van der Waals surface area contributed by atoms with E-state index < -0.39 is 5.91 Å². The Morgan fingerprint density at radius 3 is 2.58 bits per heavy atom. The van der Waals surface area contributed by atoms with Crippen LogP contribution in [0.3, 0.4) is 0 Å². The second-order valence-electron chi connectivity index (χ2n) is 4.93. The molecular weight excluding hydrogens is 260 g/mol. The average Bonchev–Trinajstić information content (AvgIpc) is 2.89. The second kappa shape index (κ2) is 5.74. The maximum atomic E-state index is 12.1. The molecule has 0 unspecified atom stereocenters. The molecule has 0 fully saturated rings. The molecule has 0 radical (unpaired) electrons. The van der Waals surface area contributed by atoms with Crippen molar-refractivity contribution in [1.29, 1.82) is 0 Å². The number of primary amides is 1. The minimum atomic E-state index is -0.431. The van der Waals surface area contributed by atoms with E-state index in [1.165, 1.54) is 16.2 Å². The predicted octanol–water partition coefficient (Wildman–Crippen LogP) is 2.71. The van der Waals surface area contributed by atoms with Gasteiger partial charge in [-0.05, 0) is 37.7 Å². The molecule has 1 aromatic heterocycles. The second-order valence-corrected chi connectivity index (χ2v) is 6.03. The highest BCUT2D eigenvalue weighted by atomic mass is 32.1. The molecule has 1 heterocycles. The van der Waals surface area contributed by atoms with Gasteiger partial charge in [-0.15, -0.1) is 11.3 Å².